The number of nitrogens with zero attached hydrogens (tertiary/aromatic N) is 3. The number of guanidine groups is 1. The Bertz CT molecular complexity index is 458. The number of carbonyl (C=O) groups is 1. The third-order valence-electron chi connectivity index (χ3n) is 4.80. The molecule has 1 amide bonds. The van der Waals surface area contributed by atoms with Crippen molar-refractivity contribution >= 4 is 36.0 Å². The molecule has 1 heterocycles. The van der Waals surface area contributed by atoms with Crippen LogP contribution >= 0.6 is 24.0 Å². The van der Waals surface area contributed by atoms with Crippen molar-refractivity contribution in [1.29, 1.82) is 0 Å². The normalized spacial score (nSPS) is 19.5. The molecule has 140 valence electrons. The van der Waals surface area contributed by atoms with Crippen LogP contribution in [0.15, 0.2) is 4.99 Å². The van der Waals surface area contributed by atoms with Crippen LogP contribution < -0.4 is 5.32 Å². The van der Waals surface area contributed by atoms with Gasteiger partial charge in [-0.25, -0.2) is 4.79 Å². The van der Waals surface area contributed by atoms with E-state index in [1.54, 1.807) is 11.9 Å². The molecule has 1 saturated carbocycles. The lowest BCUT2D eigenvalue weighted by atomic mass is 9.68. The fourth-order valence-electron chi connectivity index (χ4n) is 3.30. The molecule has 0 radical (unpaired) electrons. The molecule has 0 aromatic carbocycles. The Morgan fingerprint density at radius 2 is 2.00 bits per heavy atom. The number of likely N-dealkylation sites (N-methyl/N-ethyl adjacent to an activating group) is 1. The van der Waals surface area contributed by atoms with Crippen LogP contribution in [0, 0.1) is 5.41 Å². The van der Waals surface area contributed by atoms with Crippen LogP contribution in [0.5, 0.6) is 0 Å². The predicted octanol–water partition coefficient (Wildman–Crippen LogP) is 2.92. The lowest BCUT2D eigenvalue weighted by Crippen LogP contribution is -2.45. The third-order valence-corrected chi connectivity index (χ3v) is 4.80. The fraction of sp³-hybridized carbons (Fsp3) is 0.882. The van der Waals surface area contributed by atoms with Gasteiger partial charge in [0.1, 0.15) is 5.60 Å². The molecular formula is C17H33IN4O2. The first-order valence-corrected chi connectivity index (χ1v) is 8.64. The molecule has 0 bridgehead atoms. The molecule has 7 heteroatoms. The summed E-state index contributed by atoms with van der Waals surface area (Å²) in [5.41, 5.74) is 0.104. The number of carbonyl (C=O) groups excluding carboxylic acids is 1. The van der Waals surface area contributed by atoms with E-state index in [1.807, 2.05) is 27.8 Å². The summed E-state index contributed by atoms with van der Waals surface area (Å²) in [6, 6.07) is 0. The second-order valence-corrected chi connectivity index (χ2v) is 7.90. The first kappa shape index (κ1) is 21.3. The summed E-state index contributed by atoms with van der Waals surface area (Å²) in [6.07, 6.45) is 5.10. The minimum atomic E-state index is -0.457. The highest BCUT2D eigenvalue weighted by Gasteiger charge is 2.43. The number of hydrogen-bond acceptors (Lipinski definition) is 3. The van der Waals surface area contributed by atoms with E-state index in [2.05, 4.69) is 15.2 Å². The van der Waals surface area contributed by atoms with Crippen LogP contribution in [0.1, 0.15) is 46.5 Å². The topological polar surface area (TPSA) is 57.2 Å². The van der Waals surface area contributed by atoms with E-state index in [9.17, 15) is 4.79 Å². The number of rotatable bonds is 3. The van der Waals surface area contributed by atoms with Gasteiger partial charge in [0.15, 0.2) is 5.96 Å². The maximum absolute atomic E-state index is 11.9. The monoisotopic (exact) mass is 452 g/mol. The smallest absolute Gasteiger partial charge is 0.410 e. The Morgan fingerprint density at radius 3 is 2.46 bits per heavy atom. The molecule has 1 aliphatic heterocycles. The van der Waals surface area contributed by atoms with E-state index in [4.69, 9.17) is 4.74 Å². The van der Waals surface area contributed by atoms with Crippen molar-refractivity contribution in [1.82, 2.24) is 15.1 Å². The van der Waals surface area contributed by atoms with Crippen LogP contribution in [0.4, 0.5) is 4.79 Å². The number of amides is 1. The number of ether oxygens (including phenoxy) is 1. The van der Waals surface area contributed by atoms with Crippen molar-refractivity contribution in [2.24, 2.45) is 10.4 Å². The van der Waals surface area contributed by atoms with Gasteiger partial charge in [-0.3, -0.25) is 4.99 Å². The molecule has 2 aliphatic rings. The highest BCUT2D eigenvalue weighted by Crippen LogP contribution is 2.47. The molecule has 0 unspecified atom stereocenters. The van der Waals surface area contributed by atoms with E-state index in [-0.39, 0.29) is 30.1 Å². The minimum absolute atomic E-state index is 0. The Balaban J connectivity index is 0.00000288. The molecule has 2 rings (SSSR count). The van der Waals surface area contributed by atoms with Crippen molar-refractivity contribution in [3.05, 3.63) is 0 Å². The Kier molecular flexibility index (Phi) is 7.62. The zero-order chi connectivity index (χ0) is 17.1. The summed E-state index contributed by atoms with van der Waals surface area (Å²) in [7, 11) is 3.59. The second-order valence-electron chi connectivity index (χ2n) is 7.90. The van der Waals surface area contributed by atoms with Crippen LogP contribution in [0.2, 0.25) is 0 Å². The van der Waals surface area contributed by atoms with Gasteiger partial charge in [-0.15, -0.1) is 24.0 Å². The summed E-state index contributed by atoms with van der Waals surface area (Å²) in [4.78, 5) is 20.3. The molecule has 1 aliphatic carbocycles. The average molecular weight is 452 g/mol. The third kappa shape index (κ3) is 5.67. The average Bonchev–Trinajstić information content (AvgIpc) is 2.86. The van der Waals surface area contributed by atoms with Crippen LogP contribution in [-0.4, -0.2) is 67.7 Å². The molecular weight excluding hydrogens is 419 g/mol. The van der Waals surface area contributed by atoms with Crippen LogP contribution in [0.3, 0.4) is 0 Å². The molecule has 0 aromatic heterocycles. The number of hydrogen-bond donors (Lipinski definition) is 1. The Morgan fingerprint density at radius 1 is 1.33 bits per heavy atom. The van der Waals surface area contributed by atoms with E-state index >= 15 is 0 Å². The standard InChI is InChI=1S/C17H32N4O2.HI/c1-16(2,3)23-15(22)20(5)12-10-19-14(18-4)21-11-9-17(13-21)7-6-8-17;/h6-13H2,1-5H3,(H,18,19);1H. The van der Waals surface area contributed by atoms with E-state index in [1.165, 1.54) is 25.7 Å². The quantitative estimate of drug-likeness (QED) is 0.407. The van der Waals surface area contributed by atoms with Gasteiger partial charge in [0, 0.05) is 40.3 Å². The molecule has 1 N–H and O–H groups in total. The summed E-state index contributed by atoms with van der Waals surface area (Å²) in [5, 5.41) is 3.37. The summed E-state index contributed by atoms with van der Waals surface area (Å²) in [5.74, 6) is 0.950. The first-order valence-electron chi connectivity index (χ1n) is 8.64. The number of likely N-dealkylation sites (tertiary alicyclic amines) is 1. The maximum Gasteiger partial charge on any atom is 0.410 e. The van der Waals surface area contributed by atoms with Crippen molar-refractivity contribution in [2.75, 3.05) is 40.3 Å². The predicted molar refractivity (Wildman–Crippen MR) is 108 cm³/mol. The zero-order valence-corrected chi connectivity index (χ0v) is 18.1. The lowest BCUT2D eigenvalue weighted by Gasteiger charge is -2.38. The van der Waals surface area contributed by atoms with E-state index in [0.29, 0.717) is 18.5 Å². The fourth-order valence-corrected chi connectivity index (χ4v) is 3.30. The SMILES string of the molecule is CN=C(NCCN(C)C(=O)OC(C)(C)C)N1CCC2(CCC2)C1.I. The van der Waals surface area contributed by atoms with Crippen LogP contribution in [0.25, 0.3) is 0 Å². The largest absolute Gasteiger partial charge is 0.444 e. The van der Waals surface area contributed by atoms with Gasteiger partial charge < -0.3 is 19.9 Å². The number of aliphatic imine (C=N–C) groups is 1. The Labute approximate surface area is 163 Å². The first-order chi connectivity index (χ1) is 10.7. The highest BCUT2D eigenvalue weighted by molar-refractivity contribution is 14.0. The molecule has 0 aromatic rings. The molecule has 1 spiro atoms. The van der Waals surface area contributed by atoms with Crippen molar-refractivity contribution in [3.8, 4) is 0 Å². The highest BCUT2D eigenvalue weighted by atomic mass is 127. The van der Waals surface area contributed by atoms with Crippen molar-refractivity contribution < 1.29 is 9.53 Å². The Hall–Kier alpha value is -0.730. The summed E-state index contributed by atoms with van der Waals surface area (Å²) >= 11 is 0. The van der Waals surface area contributed by atoms with Gasteiger partial charge in [-0.05, 0) is 45.4 Å². The van der Waals surface area contributed by atoms with Crippen molar-refractivity contribution in [2.45, 2.75) is 52.1 Å². The molecule has 24 heavy (non-hydrogen) atoms. The van der Waals surface area contributed by atoms with E-state index < -0.39 is 5.60 Å². The maximum atomic E-state index is 11.9. The van der Waals surface area contributed by atoms with Gasteiger partial charge in [0.2, 0.25) is 0 Å². The van der Waals surface area contributed by atoms with Gasteiger partial charge in [0.05, 0.1) is 0 Å². The van der Waals surface area contributed by atoms with Gasteiger partial charge in [-0.2, -0.15) is 0 Å². The summed E-state index contributed by atoms with van der Waals surface area (Å²) in [6.45, 7) is 9.10. The van der Waals surface area contributed by atoms with Gasteiger partial charge in [-0.1, -0.05) is 6.42 Å². The lowest BCUT2D eigenvalue weighted by molar-refractivity contribution is 0.0302. The second kappa shape index (κ2) is 8.58. The molecule has 2 fully saturated rings. The van der Waals surface area contributed by atoms with Gasteiger partial charge in [0.25, 0.3) is 0 Å². The zero-order valence-electron chi connectivity index (χ0n) is 15.7. The van der Waals surface area contributed by atoms with Gasteiger partial charge >= 0.3 is 6.09 Å². The molecule has 1 saturated heterocycles. The van der Waals surface area contributed by atoms with E-state index in [0.717, 1.165) is 19.0 Å². The number of halogens is 1. The van der Waals surface area contributed by atoms with Crippen LogP contribution in [-0.2, 0) is 4.74 Å². The number of nitrogens with one attached hydrogen (secondary N) is 1. The summed E-state index contributed by atoms with van der Waals surface area (Å²) < 4.78 is 5.35. The minimum Gasteiger partial charge on any atom is -0.444 e. The van der Waals surface area contributed by atoms with Crippen molar-refractivity contribution in [3.63, 3.8) is 0 Å². The molecule has 6 nitrogen and oxygen atoms in total. The molecule has 0 atom stereocenters.